The summed E-state index contributed by atoms with van der Waals surface area (Å²) in [5.74, 6) is -1.61. The van der Waals surface area contributed by atoms with Gasteiger partial charge in [0.2, 0.25) is 0 Å². The highest BCUT2D eigenvalue weighted by Gasteiger charge is 2.46. The van der Waals surface area contributed by atoms with Crippen LogP contribution in [-0.2, 0) is 9.59 Å². The van der Waals surface area contributed by atoms with Gasteiger partial charge < -0.3 is 10.0 Å². The van der Waals surface area contributed by atoms with Crippen LogP contribution in [0.4, 0.5) is 0 Å². The molecular formula is C21H18ClNO3. The van der Waals surface area contributed by atoms with E-state index < -0.39 is 17.7 Å². The molecule has 1 N–H and O–H groups in total. The quantitative estimate of drug-likeness (QED) is 0.380. The molecule has 1 aliphatic heterocycles. The number of benzene rings is 2. The standard InChI is InChI=1S/C21H18ClNO3/c1-3-12-23-18(15-6-4-5-7-16(15)22)17(20(25)21(23)26)19(24)14-10-8-13(2)9-11-14/h3-11,18,24H,1,12H2,2H3/t18-/m1/s1. The van der Waals surface area contributed by atoms with E-state index in [-0.39, 0.29) is 17.9 Å². The molecular weight excluding hydrogens is 350 g/mol. The molecule has 3 rings (SSSR count). The smallest absolute Gasteiger partial charge is 0.295 e. The molecule has 1 heterocycles. The van der Waals surface area contributed by atoms with E-state index >= 15 is 0 Å². The van der Waals surface area contributed by atoms with Crippen molar-refractivity contribution in [1.82, 2.24) is 4.90 Å². The summed E-state index contributed by atoms with van der Waals surface area (Å²) in [6.45, 7) is 5.75. The van der Waals surface area contributed by atoms with Gasteiger partial charge in [-0.3, -0.25) is 9.59 Å². The van der Waals surface area contributed by atoms with E-state index in [0.29, 0.717) is 16.1 Å². The maximum atomic E-state index is 12.7. The van der Waals surface area contributed by atoms with Crippen molar-refractivity contribution in [3.05, 3.63) is 88.5 Å². The van der Waals surface area contributed by atoms with Crippen LogP contribution in [0.25, 0.3) is 5.76 Å². The predicted octanol–water partition coefficient (Wildman–Crippen LogP) is 4.26. The SMILES string of the molecule is C=CCN1C(=O)C(=O)C(=C(O)c2ccc(C)cc2)[C@H]1c1ccccc1Cl. The Balaban J connectivity index is 2.23. The van der Waals surface area contributed by atoms with Crippen molar-refractivity contribution in [2.75, 3.05) is 6.54 Å². The van der Waals surface area contributed by atoms with Crippen LogP contribution in [0.15, 0.2) is 66.8 Å². The molecule has 5 heteroatoms. The van der Waals surface area contributed by atoms with Gasteiger partial charge in [-0.05, 0) is 18.6 Å². The topological polar surface area (TPSA) is 57.6 Å². The van der Waals surface area contributed by atoms with Gasteiger partial charge in [-0.25, -0.2) is 0 Å². The van der Waals surface area contributed by atoms with Crippen molar-refractivity contribution in [3.8, 4) is 0 Å². The normalized spacial score (nSPS) is 19.0. The molecule has 4 nitrogen and oxygen atoms in total. The number of likely N-dealkylation sites (tertiary alicyclic amines) is 1. The number of halogens is 1. The number of hydrogen-bond donors (Lipinski definition) is 1. The summed E-state index contributed by atoms with van der Waals surface area (Å²) in [5, 5.41) is 11.2. The number of hydrogen-bond acceptors (Lipinski definition) is 3. The Morgan fingerprint density at radius 2 is 1.85 bits per heavy atom. The van der Waals surface area contributed by atoms with Gasteiger partial charge in [-0.15, -0.1) is 6.58 Å². The Morgan fingerprint density at radius 3 is 2.46 bits per heavy atom. The van der Waals surface area contributed by atoms with Crippen LogP contribution in [0, 0.1) is 6.92 Å². The van der Waals surface area contributed by atoms with Gasteiger partial charge >= 0.3 is 0 Å². The van der Waals surface area contributed by atoms with Crippen molar-refractivity contribution in [3.63, 3.8) is 0 Å². The summed E-state index contributed by atoms with van der Waals surface area (Å²) in [5.41, 5.74) is 2.12. The van der Waals surface area contributed by atoms with Gasteiger partial charge in [0, 0.05) is 17.1 Å². The zero-order valence-electron chi connectivity index (χ0n) is 14.3. The second kappa shape index (κ2) is 7.18. The lowest BCUT2D eigenvalue weighted by molar-refractivity contribution is -0.139. The first-order valence-corrected chi connectivity index (χ1v) is 8.54. The van der Waals surface area contributed by atoms with E-state index in [9.17, 15) is 14.7 Å². The highest BCUT2D eigenvalue weighted by atomic mass is 35.5. The molecule has 0 aromatic heterocycles. The number of aryl methyl sites for hydroxylation is 1. The summed E-state index contributed by atoms with van der Waals surface area (Å²) >= 11 is 6.32. The molecule has 0 radical (unpaired) electrons. The molecule has 2 aromatic carbocycles. The fourth-order valence-electron chi connectivity index (χ4n) is 3.09. The highest BCUT2D eigenvalue weighted by Crippen LogP contribution is 2.41. The summed E-state index contributed by atoms with van der Waals surface area (Å²) < 4.78 is 0. The third-order valence-electron chi connectivity index (χ3n) is 4.39. The largest absolute Gasteiger partial charge is 0.507 e. The number of carbonyl (C=O) groups excluding carboxylic acids is 2. The van der Waals surface area contributed by atoms with Crippen molar-refractivity contribution in [2.24, 2.45) is 0 Å². The number of nitrogens with zero attached hydrogens (tertiary/aromatic N) is 1. The minimum atomic E-state index is -0.761. The van der Waals surface area contributed by atoms with Crippen molar-refractivity contribution in [2.45, 2.75) is 13.0 Å². The molecule has 1 aliphatic rings. The van der Waals surface area contributed by atoms with Crippen LogP contribution in [0.2, 0.25) is 5.02 Å². The van der Waals surface area contributed by atoms with Gasteiger partial charge in [0.15, 0.2) is 0 Å². The number of ketones is 1. The molecule has 2 aromatic rings. The van der Waals surface area contributed by atoms with Gasteiger partial charge in [0.25, 0.3) is 11.7 Å². The lowest BCUT2D eigenvalue weighted by atomic mass is 9.95. The predicted molar refractivity (Wildman–Crippen MR) is 102 cm³/mol. The minimum Gasteiger partial charge on any atom is -0.507 e. The maximum absolute atomic E-state index is 12.7. The van der Waals surface area contributed by atoms with E-state index in [1.54, 1.807) is 42.5 Å². The first-order chi connectivity index (χ1) is 12.5. The first kappa shape index (κ1) is 18.0. The zero-order chi connectivity index (χ0) is 18.8. The number of aliphatic hydroxyl groups is 1. The average molecular weight is 368 g/mol. The van der Waals surface area contributed by atoms with Crippen molar-refractivity contribution < 1.29 is 14.7 Å². The highest BCUT2D eigenvalue weighted by molar-refractivity contribution is 6.47. The molecule has 1 fully saturated rings. The zero-order valence-corrected chi connectivity index (χ0v) is 15.0. The Morgan fingerprint density at radius 1 is 1.19 bits per heavy atom. The van der Waals surface area contributed by atoms with Crippen LogP contribution in [0.3, 0.4) is 0 Å². The van der Waals surface area contributed by atoms with Crippen molar-refractivity contribution >= 4 is 29.1 Å². The Bertz CT molecular complexity index is 915. The van der Waals surface area contributed by atoms with E-state index in [2.05, 4.69) is 6.58 Å². The fraction of sp³-hybridized carbons (Fsp3) is 0.143. The molecule has 1 saturated heterocycles. The lowest BCUT2D eigenvalue weighted by Crippen LogP contribution is -2.29. The van der Waals surface area contributed by atoms with Crippen LogP contribution in [0.5, 0.6) is 0 Å². The number of Topliss-reactive ketones (excluding diaryl/α,β-unsaturated/α-hetero) is 1. The molecule has 0 saturated carbocycles. The van der Waals surface area contributed by atoms with Crippen LogP contribution in [0.1, 0.15) is 22.7 Å². The molecule has 26 heavy (non-hydrogen) atoms. The Kier molecular flexibility index (Phi) is 4.96. The van der Waals surface area contributed by atoms with Crippen molar-refractivity contribution in [1.29, 1.82) is 0 Å². The van der Waals surface area contributed by atoms with Gasteiger partial charge in [0.1, 0.15) is 5.76 Å². The van der Waals surface area contributed by atoms with Crippen LogP contribution < -0.4 is 0 Å². The number of rotatable bonds is 4. The van der Waals surface area contributed by atoms with Gasteiger partial charge in [0.05, 0.1) is 11.6 Å². The van der Waals surface area contributed by atoms with E-state index in [1.165, 1.54) is 4.90 Å². The van der Waals surface area contributed by atoms with Gasteiger partial charge in [-0.1, -0.05) is 65.7 Å². The summed E-state index contributed by atoms with van der Waals surface area (Å²) in [7, 11) is 0. The van der Waals surface area contributed by atoms with Crippen LogP contribution >= 0.6 is 11.6 Å². The third-order valence-corrected chi connectivity index (χ3v) is 4.73. The summed E-state index contributed by atoms with van der Waals surface area (Å²) in [6, 6.07) is 13.3. The summed E-state index contributed by atoms with van der Waals surface area (Å²) in [4.78, 5) is 26.6. The molecule has 1 amide bonds. The molecule has 1 atom stereocenters. The molecule has 0 spiro atoms. The molecule has 0 unspecified atom stereocenters. The second-order valence-corrected chi connectivity index (χ2v) is 6.53. The Hall–Kier alpha value is -2.85. The number of carbonyl (C=O) groups is 2. The molecule has 0 aliphatic carbocycles. The average Bonchev–Trinajstić information content (AvgIpc) is 2.87. The monoisotopic (exact) mass is 367 g/mol. The maximum Gasteiger partial charge on any atom is 0.295 e. The third kappa shape index (κ3) is 3.04. The Labute approximate surface area is 157 Å². The molecule has 132 valence electrons. The van der Waals surface area contributed by atoms with Crippen LogP contribution in [-0.4, -0.2) is 28.2 Å². The van der Waals surface area contributed by atoms with E-state index in [1.807, 2.05) is 19.1 Å². The molecule has 0 bridgehead atoms. The first-order valence-electron chi connectivity index (χ1n) is 8.16. The van der Waals surface area contributed by atoms with E-state index in [4.69, 9.17) is 11.6 Å². The number of aliphatic hydroxyl groups excluding tert-OH is 1. The van der Waals surface area contributed by atoms with Gasteiger partial charge in [-0.2, -0.15) is 0 Å². The lowest BCUT2D eigenvalue weighted by Gasteiger charge is -2.24. The fourth-order valence-corrected chi connectivity index (χ4v) is 3.33. The number of amides is 1. The second-order valence-electron chi connectivity index (χ2n) is 6.13. The van der Waals surface area contributed by atoms with E-state index in [0.717, 1.165) is 5.56 Å². The minimum absolute atomic E-state index is 0.0359. The summed E-state index contributed by atoms with van der Waals surface area (Å²) in [6.07, 6.45) is 1.54.